The average molecular weight is 950 g/mol. The standard InChI is InChI=1S/C74H47N/c1-3-19-50(20-4-1)37-38-51-21-17-26-56(45-51)71-63-31-11-13-33-65(63)72(66-34-14-12-32-64(66)71)57-27-18-30-61(48-57)75(60-28-5-2-6-29-60)62-43-44-69-70(49-62)74(59-42-40-53-23-8-10-25-55(53)47-59)68-36-16-15-35-67(68)73(69)58-41-39-52-22-7-9-24-54(52)46-58/h1-16,18-25,27-49H/b38-37+. The lowest BCUT2D eigenvalue weighted by molar-refractivity contribution is 1.29. The van der Waals surface area contributed by atoms with Crippen LogP contribution in [0.2, 0.25) is 0 Å². The van der Waals surface area contributed by atoms with Gasteiger partial charge in [0.15, 0.2) is 0 Å². The van der Waals surface area contributed by atoms with E-state index in [9.17, 15) is 0 Å². The van der Waals surface area contributed by atoms with E-state index >= 15 is 0 Å². The van der Waals surface area contributed by atoms with E-state index in [2.05, 4.69) is 290 Å². The van der Waals surface area contributed by atoms with Gasteiger partial charge in [-0.3, -0.25) is 0 Å². The summed E-state index contributed by atoms with van der Waals surface area (Å²) in [5.41, 5.74) is 14.8. The van der Waals surface area contributed by atoms with E-state index in [0.29, 0.717) is 0 Å². The minimum Gasteiger partial charge on any atom is -0.310 e. The van der Waals surface area contributed by atoms with E-state index in [0.717, 1.165) is 44.9 Å². The minimum absolute atomic E-state index is 1.02. The molecule has 1 nitrogen and oxygen atoms in total. The van der Waals surface area contributed by atoms with E-state index < -0.39 is 0 Å². The molecule has 348 valence electrons. The summed E-state index contributed by atoms with van der Waals surface area (Å²) in [6, 6.07) is 107. The third-order valence-corrected chi connectivity index (χ3v) is 15.0. The first-order valence-electron chi connectivity index (χ1n) is 25.7. The van der Waals surface area contributed by atoms with Crippen LogP contribution in [0.25, 0.3) is 121 Å². The molecule has 0 aliphatic carbocycles. The molecule has 0 unspecified atom stereocenters. The number of fused-ring (bicyclic) bond motifs is 6. The summed E-state index contributed by atoms with van der Waals surface area (Å²) in [5, 5.41) is 14.5. The number of rotatable bonds is 9. The highest BCUT2D eigenvalue weighted by atomic mass is 15.1. The monoisotopic (exact) mass is 949 g/mol. The highest BCUT2D eigenvalue weighted by Crippen LogP contribution is 2.49. The number of benzene rings is 13. The van der Waals surface area contributed by atoms with Gasteiger partial charge in [0, 0.05) is 28.2 Å². The molecule has 0 aliphatic heterocycles. The van der Waals surface area contributed by atoms with Crippen molar-refractivity contribution in [2.24, 2.45) is 0 Å². The normalized spacial score (nSPS) is 11.6. The number of para-hydroxylation sites is 1. The predicted molar refractivity (Wildman–Crippen MR) is 321 cm³/mol. The van der Waals surface area contributed by atoms with Gasteiger partial charge in [0.1, 0.15) is 0 Å². The van der Waals surface area contributed by atoms with Crippen molar-refractivity contribution in [2.45, 2.75) is 0 Å². The summed E-state index contributed by atoms with van der Waals surface area (Å²) in [5.74, 6) is 0. The number of hydrogen-bond acceptors (Lipinski definition) is 1. The van der Waals surface area contributed by atoms with Gasteiger partial charge in [0.05, 0.1) is 0 Å². The van der Waals surface area contributed by atoms with Crippen molar-refractivity contribution in [3.63, 3.8) is 0 Å². The molecular formula is C74H47N. The zero-order valence-corrected chi connectivity index (χ0v) is 41.1. The topological polar surface area (TPSA) is 3.24 Å². The van der Waals surface area contributed by atoms with Crippen molar-refractivity contribution in [1.82, 2.24) is 0 Å². The second-order valence-corrected chi connectivity index (χ2v) is 19.4. The predicted octanol–water partition coefficient (Wildman–Crippen LogP) is 20.5. The largest absolute Gasteiger partial charge is 0.310 e. The minimum atomic E-state index is 1.02. The molecule has 0 bridgehead atoms. The molecule has 75 heavy (non-hydrogen) atoms. The molecular weight excluding hydrogens is 903 g/mol. The van der Waals surface area contributed by atoms with Crippen LogP contribution in [0, 0.1) is 12.1 Å². The summed E-state index contributed by atoms with van der Waals surface area (Å²) < 4.78 is 0. The summed E-state index contributed by atoms with van der Waals surface area (Å²) >= 11 is 0. The van der Waals surface area contributed by atoms with E-state index in [1.54, 1.807) is 0 Å². The Hall–Kier alpha value is -10.0. The summed E-state index contributed by atoms with van der Waals surface area (Å²) in [6.45, 7) is 0. The highest BCUT2D eigenvalue weighted by molar-refractivity contribution is 6.24. The fourth-order valence-electron chi connectivity index (χ4n) is 11.6. The summed E-state index contributed by atoms with van der Waals surface area (Å²) in [4.78, 5) is 2.43. The van der Waals surface area contributed by atoms with Gasteiger partial charge in [0.2, 0.25) is 0 Å². The van der Waals surface area contributed by atoms with Gasteiger partial charge in [-0.25, -0.2) is 0 Å². The zero-order chi connectivity index (χ0) is 49.7. The Labute approximate surface area is 437 Å². The van der Waals surface area contributed by atoms with Crippen LogP contribution >= 0.6 is 0 Å². The zero-order valence-electron chi connectivity index (χ0n) is 41.1. The average Bonchev–Trinajstić information content (AvgIpc) is 3.48. The number of anilines is 3. The van der Waals surface area contributed by atoms with Crippen LogP contribution in [0.4, 0.5) is 17.1 Å². The molecule has 0 amide bonds. The van der Waals surface area contributed by atoms with Crippen LogP contribution in [0.3, 0.4) is 0 Å². The Balaban J connectivity index is 0.976. The first-order chi connectivity index (χ1) is 37.2. The van der Waals surface area contributed by atoms with E-state index in [-0.39, 0.29) is 0 Å². The Morgan fingerprint density at radius 1 is 0.267 bits per heavy atom. The molecule has 0 atom stereocenters. The Bertz CT molecular complexity index is 4470. The molecule has 0 fully saturated rings. The molecule has 0 radical (unpaired) electrons. The Morgan fingerprint density at radius 2 is 0.707 bits per heavy atom. The molecule has 0 aromatic heterocycles. The maximum absolute atomic E-state index is 3.53. The number of hydrogen-bond donors (Lipinski definition) is 0. The van der Waals surface area contributed by atoms with Gasteiger partial charge < -0.3 is 4.90 Å². The lowest BCUT2D eigenvalue weighted by Gasteiger charge is -2.27. The SMILES string of the molecule is c1cc(/C=C/c2ccccc2)cc(-c2c3ccccc3c(-c3cccc(N(c4ccccc4)c4ccc5c(-c6ccc7ccccc7c6)c6ccccc6c(-c6ccc7ccccc7c6)c5c4)c3)c3ccccc23)c#1. The molecule has 0 saturated carbocycles. The van der Waals surface area contributed by atoms with Gasteiger partial charge in [0.25, 0.3) is 0 Å². The maximum Gasteiger partial charge on any atom is 0.0468 e. The Morgan fingerprint density at radius 3 is 1.29 bits per heavy atom. The van der Waals surface area contributed by atoms with Crippen LogP contribution in [0.1, 0.15) is 11.1 Å². The molecule has 14 rings (SSSR count). The van der Waals surface area contributed by atoms with Gasteiger partial charge in [-0.1, -0.05) is 237 Å². The highest BCUT2D eigenvalue weighted by Gasteiger charge is 2.22. The third kappa shape index (κ3) is 7.85. The van der Waals surface area contributed by atoms with Crippen LogP contribution < -0.4 is 4.90 Å². The van der Waals surface area contributed by atoms with Crippen molar-refractivity contribution >= 4 is 93.8 Å². The molecule has 14 aromatic rings. The lowest BCUT2D eigenvalue weighted by atomic mass is 9.85. The van der Waals surface area contributed by atoms with Crippen molar-refractivity contribution in [2.75, 3.05) is 4.90 Å². The van der Waals surface area contributed by atoms with Gasteiger partial charge >= 0.3 is 0 Å². The quantitative estimate of drug-likeness (QED) is 0.130. The first kappa shape index (κ1) is 43.8. The van der Waals surface area contributed by atoms with Crippen LogP contribution in [0.15, 0.2) is 273 Å². The van der Waals surface area contributed by atoms with Crippen molar-refractivity contribution in [3.05, 3.63) is 296 Å². The summed E-state index contributed by atoms with van der Waals surface area (Å²) in [6.07, 6.45) is 4.32. The van der Waals surface area contributed by atoms with Gasteiger partial charge in [-0.05, 0) is 170 Å². The van der Waals surface area contributed by atoms with E-state index in [4.69, 9.17) is 0 Å². The van der Waals surface area contributed by atoms with E-state index in [1.807, 2.05) is 12.1 Å². The van der Waals surface area contributed by atoms with Crippen molar-refractivity contribution in [1.29, 1.82) is 0 Å². The second kappa shape index (κ2) is 18.6. The molecule has 0 spiro atoms. The van der Waals surface area contributed by atoms with Gasteiger partial charge in [-0.15, -0.1) is 0 Å². The van der Waals surface area contributed by atoms with Crippen molar-refractivity contribution < 1.29 is 0 Å². The van der Waals surface area contributed by atoms with Crippen molar-refractivity contribution in [3.8, 4) is 44.5 Å². The molecule has 0 saturated heterocycles. The summed E-state index contributed by atoms with van der Waals surface area (Å²) in [7, 11) is 0. The third-order valence-electron chi connectivity index (χ3n) is 15.0. The second-order valence-electron chi connectivity index (χ2n) is 19.4. The maximum atomic E-state index is 3.53. The fourth-order valence-corrected chi connectivity index (χ4v) is 11.6. The molecule has 0 N–H and O–H groups in total. The molecule has 0 aliphatic rings. The lowest BCUT2D eigenvalue weighted by Crippen LogP contribution is -2.10. The molecule has 1 heteroatoms. The molecule has 14 aromatic carbocycles. The number of nitrogens with zero attached hydrogens (tertiary/aromatic N) is 1. The first-order valence-corrected chi connectivity index (χ1v) is 25.7. The molecule has 0 heterocycles. The van der Waals surface area contributed by atoms with Crippen LogP contribution in [-0.2, 0) is 0 Å². The van der Waals surface area contributed by atoms with Gasteiger partial charge in [-0.2, -0.15) is 0 Å². The van der Waals surface area contributed by atoms with Crippen LogP contribution in [-0.4, -0.2) is 0 Å². The van der Waals surface area contributed by atoms with E-state index in [1.165, 1.54) is 92.5 Å². The van der Waals surface area contributed by atoms with Crippen LogP contribution in [0.5, 0.6) is 0 Å². The fraction of sp³-hybridized carbons (Fsp3) is 0. The smallest absolute Gasteiger partial charge is 0.0468 e. The Kier molecular flexibility index (Phi) is 10.8.